The van der Waals surface area contributed by atoms with E-state index in [0.29, 0.717) is 12.0 Å². The molecule has 0 spiro atoms. The van der Waals surface area contributed by atoms with Gasteiger partial charge in [-0.2, -0.15) is 15.2 Å². The van der Waals surface area contributed by atoms with Gasteiger partial charge in [-0.3, -0.25) is 4.68 Å². The number of aromatic amines is 1. The highest BCUT2D eigenvalue weighted by Crippen LogP contribution is 2.34. The molecule has 8 nitrogen and oxygen atoms in total. The molecule has 0 amide bonds. The largest absolute Gasteiger partial charge is 0.351 e. The van der Waals surface area contributed by atoms with Crippen LogP contribution >= 0.6 is 0 Å². The fraction of sp³-hybridized carbons (Fsp3) is 0.273. The van der Waals surface area contributed by atoms with E-state index in [9.17, 15) is 0 Å². The van der Waals surface area contributed by atoms with Crippen molar-refractivity contribution in [3.8, 4) is 22.3 Å². The number of nitrogens with zero attached hydrogens (tertiary/aromatic N) is 6. The third-order valence-corrected chi connectivity index (χ3v) is 5.97. The predicted molar refractivity (Wildman–Crippen MR) is 116 cm³/mol. The van der Waals surface area contributed by atoms with Crippen LogP contribution in [0, 0.1) is 5.92 Å². The fourth-order valence-electron chi connectivity index (χ4n) is 4.06. The number of H-pyrrole nitrogens is 1. The smallest absolute Gasteiger partial charge is 0.224 e. The second-order valence-corrected chi connectivity index (χ2v) is 8.13. The Bertz CT molecular complexity index is 1370. The van der Waals surface area contributed by atoms with Crippen molar-refractivity contribution in [2.45, 2.75) is 25.8 Å². The number of nitrogens with one attached hydrogen (secondary N) is 2. The Morgan fingerprint density at radius 1 is 1.13 bits per heavy atom. The van der Waals surface area contributed by atoms with E-state index >= 15 is 0 Å². The third kappa shape index (κ3) is 2.83. The monoisotopic (exact) mass is 398 g/mol. The van der Waals surface area contributed by atoms with Gasteiger partial charge in [-0.1, -0.05) is 0 Å². The molecule has 8 heteroatoms. The molecule has 5 heterocycles. The molecule has 150 valence electrons. The summed E-state index contributed by atoms with van der Waals surface area (Å²) in [5.41, 5.74) is 6.15. The Balaban J connectivity index is 1.39. The number of aromatic nitrogens is 7. The molecule has 0 aromatic carbocycles. The van der Waals surface area contributed by atoms with Gasteiger partial charge in [-0.25, -0.2) is 9.50 Å². The minimum absolute atomic E-state index is 0.409. The molecule has 1 fully saturated rings. The number of rotatable bonds is 5. The van der Waals surface area contributed by atoms with E-state index < -0.39 is 0 Å². The highest BCUT2D eigenvalue weighted by atomic mass is 15.2. The first-order valence-corrected chi connectivity index (χ1v) is 10.2. The van der Waals surface area contributed by atoms with Gasteiger partial charge in [0, 0.05) is 60.0 Å². The summed E-state index contributed by atoms with van der Waals surface area (Å²) < 4.78 is 3.69. The van der Waals surface area contributed by atoms with E-state index in [1.165, 1.54) is 12.8 Å². The van der Waals surface area contributed by atoms with Crippen molar-refractivity contribution in [3.63, 3.8) is 0 Å². The van der Waals surface area contributed by atoms with Crippen LogP contribution in [0.3, 0.4) is 0 Å². The van der Waals surface area contributed by atoms with Crippen LogP contribution in [0.1, 0.15) is 19.8 Å². The van der Waals surface area contributed by atoms with Crippen LogP contribution in [-0.2, 0) is 7.05 Å². The van der Waals surface area contributed by atoms with Crippen molar-refractivity contribution >= 4 is 22.5 Å². The van der Waals surface area contributed by atoms with Gasteiger partial charge in [0.05, 0.1) is 17.9 Å². The van der Waals surface area contributed by atoms with Gasteiger partial charge in [-0.05, 0) is 43.4 Å². The molecule has 1 aliphatic carbocycles. The quantitative estimate of drug-likeness (QED) is 0.469. The molecule has 30 heavy (non-hydrogen) atoms. The summed E-state index contributed by atoms with van der Waals surface area (Å²) in [6.07, 6.45) is 14.2. The first-order chi connectivity index (χ1) is 14.7. The summed E-state index contributed by atoms with van der Waals surface area (Å²) in [7, 11) is 1.92. The van der Waals surface area contributed by atoms with Gasteiger partial charge in [0.15, 0.2) is 0 Å². The second kappa shape index (κ2) is 6.41. The summed E-state index contributed by atoms with van der Waals surface area (Å²) in [5, 5.41) is 13.2. The lowest BCUT2D eigenvalue weighted by atomic mass is 10.1. The molecule has 1 atom stereocenters. The Morgan fingerprint density at radius 2 is 2.03 bits per heavy atom. The highest BCUT2D eigenvalue weighted by molar-refractivity contribution is 5.95. The number of pyridine rings is 1. The standard InChI is InChI=1S/C22H22N8/c1-13(14-3-4-14)27-22-24-10-19-17(9-23-21(19)28-22)15-5-6-30-20(7-15)18(11-26-30)16-8-25-29(2)12-16/h5-14H,3-4H2,1-2H3,(H2,23,24,27,28). The lowest BCUT2D eigenvalue weighted by Crippen LogP contribution is -2.18. The topological polar surface area (TPSA) is 88.7 Å². The van der Waals surface area contributed by atoms with E-state index in [4.69, 9.17) is 0 Å². The van der Waals surface area contributed by atoms with Gasteiger partial charge in [0.1, 0.15) is 5.65 Å². The minimum atomic E-state index is 0.409. The van der Waals surface area contributed by atoms with Crippen molar-refractivity contribution in [2.24, 2.45) is 13.0 Å². The molecule has 0 aliphatic heterocycles. The van der Waals surface area contributed by atoms with E-state index in [-0.39, 0.29) is 0 Å². The lowest BCUT2D eigenvalue weighted by molar-refractivity contribution is 0.687. The normalized spacial score (nSPS) is 15.1. The van der Waals surface area contributed by atoms with Crippen molar-refractivity contribution in [1.29, 1.82) is 0 Å². The zero-order valence-electron chi connectivity index (χ0n) is 16.9. The van der Waals surface area contributed by atoms with Crippen molar-refractivity contribution < 1.29 is 0 Å². The van der Waals surface area contributed by atoms with Crippen LogP contribution in [0.5, 0.6) is 0 Å². The van der Waals surface area contributed by atoms with Crippen LogP contribution in [-0.4, -0.2) is 40.4 Å². The molecule has 0 bridgehead atoms. The number of anilines is 1. The maximum atomic E-state index is 4.69. The highest BCUT2D eigenvalue weighted by Gasteiger charge is 2.28. The molecular weight excluding hydrogens is 376 g/mol. The van der Waals surface area contributed by atoms with Crippen molar-refractivity contribution in [1.82, 2.24) is 34.3 Å². The molecule has 6 rings (SSSR count). The van der Waals surface area contributed by atoms with Crippen LogP contribution in [0.15, 0.2) is 49.3 Å². The molecule has 1 saturated carbocycles. The Hall–Kier alpha value is -3.68. The molecule has 0 radical (unpaired) electrons. The second-order valence-electron chi connectivity index (χ2n) is 8.13. The van der Waals surface area contributed by atoms with Gasteiger partial charge in [0.25, 0.3) is 0 Å². The first-order valence-electron chi connectivity index (χ1n) is 10.2. The summed E-state index contributed by atoms with van der Waals surface area (Å²) in [4.78, 5) is 12.6. The van der Waals surface area contributed by atoms with E-state index in [0.717, 1.165) is 44.7 Å². The minimum Gasteiger partial charge on any atom is -0.351 e. The number of hydrogen-bond acceptors (Lipinski definition) is 5. The molecule has 5 aromatic rings. The average Bonchev–Trinajstić information content (AvgIpc) is 3.18. The number of hydrogen-bond donors (Lipinski definition) is 2. The number of aryl methyl sites for hydroxylation is 1. The maximum absolute atomic E-state index is 4.69. The Morgan fingerprint density at radius 3 is 2.83 bits per heavy atom. The van der Waals surface area contributed by atoms with Crippen molar-refractivity contribution in [2.75, 3.05) is 5.32 Å². The Kier molecular flexibility index (Phi) is 3.68. The first kappa shape index (κ1) is 17.2. The van der Waals surface area contributed by atoms with Gasteiger partial charge in [-0.15, -0.1) is 0 Å². The zero-order valence-corrected chi connectivity index (χ0v) is 16.9. The van der Waals surface area contributed by atoms with Crippen LogP contribution in [0.4, 0.5) is 5.95 Å². The zero-order chi connectivity index (χ0) is 20.2. The summed E-state index contributed by atoms with van der Waals surface area (Å²) in [5.74, 6) is 1.43. The molecular formula is C22H22N8. The molecule has 1 unspecified atom stereocenters. The Labute approximate surface area is 173 Å². The lowest BCUT2D eigenvalue weighted by Gasteiger charge is -2.12. The van der Waals surface area contributed by atoms with Crippen LogP contribution in [0.2, 0.25) is 0 Å². The summed E-state index contributed by atoms with van der Waals surface area (Å²) in [6.45, 7) is 2.20. The maximum Gasteiger partial charge on any atom is 0.224 e. The summed E-state index contributed by atoms with van der Waals surface area (Å²) >= 11 is 0. The van der Waals surface area contributed by atoms with E-state index in [1.54, 1.807) is 4.68 Å². The molecule has 2 N–H and O–H groups in total. The van der Waals surface area contributed by atoms with Gasteiger partial charge in [0.2, 0.25) is 5.95 Å². The summed E-state index contributed by atoms with van der Waals surface area (Å²) in [6, 6.07) is 4.63. The fourth-order valence-corrected chi connectivity index (χ4v) is 4.06. The van der Waals surface area contributed by atoms with Crippen LogP contribution in [0.25, 0.3) is 38.8 Å². The van der Waals surface area contributed by atoms with Gasteiger partial charge >= 0.3 is 0 Å². The number of fused-ring (bicyclic) bond motifs is 2. The molecule has 0 saturated heterocycles. The molecule has 1 aliphatic rings. The third-order valence-electron chi connectivity index (χ3n) is 5.97. The molecule has 5 aromatic heterocycles. The van der Waals surface area contributed by atoms with E-state index in [2.05, 4.69) is 49.5 Å². The van der Waals surface area contributed by atoms with Crippen molar-refractivity contribution in [3.05, 3.63) is 49.3 Å². The average molecular weight is 398 g/mol. The van der Waals surface area contributed by atoms with Crippen LogP contribution < -0.4 is 5.32 Å². The van der Waals surface area contributed by atoms with E-state index in [1.807, 2.05) is 48.7 Å². The SMILES string of the molecule is CC(Nc1ncc2c(-c3ccn4ncc(-c5cnn(C)c5)c4c3)c[nH]c2n1)C1CC1. The van der Waals surface area contributed by atoms with Gasteiger partial charge < -0.3 is 10.3 Å². The predicted octanol–water partition coefficient (Wildman–Crippen LogP) is 3.88.